The lowest BCUT2D eigenvalue weighted by atomic mass is 10.2. The van der Waals surface area contributed by atoms with E-state index in [9.17, 15) is 9.90 Å². The Balaban J connectivity index is 1.65. The Labute approximate surface area is 166 Å². The number of anilines is 1. The summed E-state index contributed by atoms with van der Waals surface area (Å²) in [6.45, 7) is 2.14. The summed E-state index contributed by atoms with van der Waals surface area (Å²) in [6.07, 6.45) is 0. The third kappa shape index (κ3) is 3.29. The van der Waals surface area contributed by atoms with E-state index in [4.69, 9.17) is 14.9 Å². The molecule has 1 aliphatic rings. The first-order valence-corrected chi connectivity index (χ1v) is 9.11. The normalized spacial score (nSPS) is 14.0. The zero-order valence-corrected chi connectivity index (χ0v) is 16.0. The largest absolute Gasteiger partial charge is 0.509 e. The van der Waals surface area contributed by atoms with Crippen LogP contribution in [0.15, 0.2) is 48.2 Å². The lowest BCUT2D eigenvalue weighted by Gasteiger charge is -2.19. The summed E-state index contributed by atoms with van der Waals surface area (Å²) < 4.78 is 10.3. The standard InChI is InChI=1S/C21H20N4O4/c1-3-29-21(27)12-5-4-6-13(9-12)25-11-17(26)18(19(25)22)20-23-15-8-7-14(28-2)10-16(15)24-20/h4-10,22,26H,3,11H2,1-2H3,(H,23,24). The van der Waals surface area contributed by atoms with Gasteiger partial charge >= 0.3 is 5.97 Å². The second-order valence-corrected chi connectivity index (χ2v) is 6.50. The first-order chi connectivity index (χ1) is 14.0. The Kier molecular flexibility index (Phi) is 4.67. The van der Waals surface area contributed by atoms with Crippen LogP contribution in [-0.2, 0) is 4.74 Å². The van der Waals surface area contributed by atoms with E-state index >= 15 is 0 Å². The van der Waals surface area contributed by atoms with Gasteiger partial charge in [0, 0.05) is 11.8 Å². The van der Waals surface area contributed by atoms with Crippen molar-refractivity contribution in [3.8, 4) is 5.75 Å². The predicted molar refractivity (Wildman–Crippen MR) is 110 cm³/mol. The maximum Gasteiger partial charge on any atom is 0.338 e. The maximum atomic E-state index is 12.0. The number of hydrogen-bond acceptors (Lipinski definition) is 6. The third-order valence-corrected chi connectivity index (χ3v) is 4.70. The molecule has 0 amide bonds. The van der Waals surface area contributed by atoms with Crippen LogP contribution in [-0.4, -0.2) is 47.1 Å². The van der Waals surface area contributed by atoms with Gasteiger partial charge in [0.2, 0.25) is 0 Å². The highest BCUT2D eigenvalue weighted by Gasteiger charge is 2.31. The van der Waals surface area contributed by atoms with Gasteiger partial charge < -0.3 is 24.5 Å². The Morgan fingerprint density at radius 1 is 1.31 bits per heavy atom. The summed E-state index contributed by atoms with van der Waals surface area (Å²) in [5.74, 6) is 0.783. The number of ether oxygens (including phenoxy) is 2. The molecule has 0 spiro atoms. The number of H-pyrrole nitrogens is 1. The molecule has 0 aliphatic carbocycles. The lowest BCUT2D eigenvalue weighted by Crippen LogP contribution is -2.26. The van der Waals surface area contributed by atoms with Crippen LogP contribution in [0.5, 0.6) is 5.75 Å². The van der Waals surface area contributed by atoms with Gasteiger partial charge in [-0.15, -0.1) is 0 Å². The van der Waals surface area contributed by atoms with E-state index in [1.165, 1.54) is 0 Å². The molecule has 3 aromatic rings. The number of aromatic amines is 1. The number of fused-ring (bicyclic) bond motifs is 1. The molecule has 0 saturated heterocycles. The fourth-order valence-corrected chi connectivity index (χ4v) is 3.30. The van der Waals surface area contributed by atoms with Crippen molar-refractivity contribution in [2.75, 3.05) is 25.2 Å². The number of benzene rings is 2. The number of nitrogens with zero attached hydrogens (tertiary/aromatic N) is 2. The highest BCUT2D eigenvalue weighted by molar-refractivity contribution is 6.30. The average molecular weight is 392 g/mol. The number of carbonyl (C=O) groups excluding carboxylic acids is 1. The van der Waals surface area contributed by atoms with Gasteiger partial charge in [-0.1, -0.05) is 6.07 Å². The zero-order valence-electron chi connectivity index (χ0n) is 16.0. The van der Waals surface area contributed by atoms with E-state index in [2.05, 4.69) is 9.97 Å². The summed E-state index contributed by atoms with van der Waals surface area (Å²) >= 11 is 0. The number of aromatic nitrogens is 2. The van der Waals surface area contributed by atoms with Gasteiger partial charge in [-0.3, -0.25) is 5.41 Å². The van der Waals surface area contributed by atoms with Crippen LogP contribution in [0.4, 0.5) is 5.69 Å². The monoisotopic (exact) mass is 392 g/mol. The minimum atomic E-state index is -0.427. The number of hydrogen-bond donors (Lipinski definition) is 3. The second kappa shape index (κ2) is 7.31. The number of nitrogens with one attached hydrogen (secondary N) is 2. The molecule has 148 valence electrons. The number of esters is 1. The van der Waals surface area contributed by atoms with Crippen molar-refractivity contribution in [2.24, 2.45) is 0 Å². The quantitative estimate of drug-likeness (QED) is 0.573. The smallest absolute Gasteiger partial charge is 0.338 e. The van der Waals surface area contributed by atoms with Gasteiger partial charge in [-0.2, -0.15) is 0 Å². The first-order valence-electron chi connectivity index (χ1n) is 9.11. The molecule has 0 radical (unpaired) electrons. The molecule has 1 aliphatic heterocycles. The number of imidazole rings is 1. The SMILES string of the molecule is CCOC(=O)c1cccc(N2CC(O)=C(c3nc4ccc(OC)cc4[nH]3)C2=N)c1. The van der Waals surface area contributed by atoms with Gasteiger partial charge in [0.25, 0.3) is 0 Å². The number of carbonyl (C=O) groups is 1. The van der Waals surface area contributed by atoms with Crippen LogP contribution >= 0.6 is 0 Å². The van der Waals surface area contributed by atoms with E-state index < -0.39 is 5.97 Å². The Morgan fingerprint density at radius 2 is 2.14 bits per heavy atom. The summed E-state index contributed by atoms with van der Waals surface area (Å²) in [5.41, 5.74) is 2.77. The van der Waals surface area contributed by atoms with E-state index in [0.717, 1.165) is 5.52 Å². The molecule has 2 heterocycles. The van der Waals surface area contributed by atoms with Gasteiger partial charge in [0.1, 0.15) is 23.2 Å². The third-order valence-electron chi connectivity index (χ3n) is 4.70. The van der Waals surface area contributed by atoms with Crippen LogP contribution in [0.3, 0.4) is 0 Å². The number of aliphatic hydroxyl groups is 1. The molecule has 3 N–H and O–H groups in total. The number of rotatable bonds is 5. The Bertz CT molecular complexity index is 1150. The molecule has 8 heteroatoms. The number of amidine groups is 1. The van der Waals surface area contributed by atoms with Crippen LogP contribution in [0.25, 0.3) is 16.6 Å². The summed E-state index contributed by atoms with van der Waals surface area (Å²) in [7, 11) is 1.59. The van der Waals surface area contributed by atoms with E-state index in [-0.39, 0.29) is 24.7 Å². The van der Waals surface area contributed by atoms with Crippen LogP contribution in [0.1, 0.15) is 23.1 Å². The van der Waals surface area contributed by atoms with Gasteiger partial charge in [0.05, 0.1) is 42.4 Å². The van der Waals surface area contributed by atoms with Crippen molar-refractivity contribution in [3.05, 3.63) is 59.6 Å². The van der Waals surface area contributed by atoms with Crippen molar-refractivity contribution in [1.29, 1.82) is 5.41 Å². The van der Waals surface area contributed by atoms with Crippen LogP contribution in [0.2, 0.25) is 0 Å². The summed E-state index contributed by atoms with van der Waals surface area (Å²) in [5, 5.41) is 19.1. The highest BCUT2D eigenvalue weighted by Crippen LogP contribution is 2.31. The number of aliphatic hydroxyl groups excluding tert-OH is 1. The van der Waals surface area contributed by atoms with Crippen LogP contribution < -0.4 is 9.64 Å². The fourth-order valence-electron chi connectivity index (χ4n) is 3.30. The molecular formula is C21H20N4O4. The molecule has 29 heavy (non-hydrogen) atoms. The first kappa shape index (κ1) is 18.5. The molecule has 0 unspecified atom stereocenters. The maximum absolute atomic E-state index is 12.0. The molecule has 0 bridgehead atoms. The lowest BCUT2D eigenvalue weighted by molar-refractivity contribution is 0.0526. The molecule has 1 aromatic heterocycles. The number of methoxy groups -OCH3 is 1. The van der Waals surface area contributed by atoms with Crippen molar-refractivity contribution in [2.45, 2.75) is 6.92 Å². The minimum Gasteiger partial charge on any atom is -0.509 e. The molecular weight excluding hydrogens is 372 g/mol. The molecule has 0 fully saturated rings. The summed E-state index contributed by atoms with van der Waals surface area (Å²) in [4.78, 5) is 21.3. The molecule has 2 aromatic carbocycles. The minimum absolute atomic E-state index is 0.0301. The van der Waals surface area contributed by atoms with Crippen LogP contribution in [0, 0.1) is 5.41 Å². The second-order valence-electron chi connectivity index (χ2n) is 6.50. The topological polar surface area (TPSA) is 112 Å². The zero-order chi connectivity index (χ0) is 20.5. The average Bonchev–Trinajstić information content (AvgIpc) is 3.27. The predicted octanol–water partition coefficient (Wildman–Crippen LogP) is 3.51. The highest BCUT2D eigenvalue weighted by atomic mass is 16.5. The van der Waals surface area contributed by atoms with E-state index in [1.54, 1.807) is 49.3 Å². The Morgan fingerprint density at radius 3 is 2.90 bits per heavy atom. The van der Waals surface area contributed by atoms with Gasteiger partial charge in [-0.05, 0) is 37.3 Å². The molecule has 0 atom stereocenters. The molecule has 0 saturated carbocycles. The fraction of sp³-hybridized carbons (Fsp3) is 0.190. The summed E-state index contributed by atoms with van der Waals surface area (Å²) in [6, 6.07) is 12.2. The van der Waals surface area contributed by atoms with Crippen molar-refractivity contribution < 1.29 is 19.4 Å². The molecule has 8 nitrogen and oxygen atoms in total. The van der Waals surface area contributed by atoms with E-state index in [1.807, 2.05) is 12.1 Å². The van der Waals surface area contributed by atoms with Gasteiger partial charge in [-0.25, -0.2) is 9.78 Å². The van der Waals surface area contributed by atoms with Crippen molar-refractivity contribution >= 4 is 34.1 Å². The van der Waals surface area contributed by atoms with Crippen molar-refractivity contribution in [1.82, 2.24) is 9.97 Å². The van der Waals surface area contributed by atoms with Crippen molar-refractivity contribution in [3.63, 3.8) is 0 Å². The molecule has 4 rings (SSSR count). The Hall–Kier alpha value is -3.81. The van der Waals surface area contributed by atoms with Gasteiger partial charge in [0.15, 0.2) is 0 Å². The van der Waals surface area contributed by atoms with E-state index in [0.29, 0.717) is 33.9 Å².